The zero-order chi connectivity index (χ0) is 22.0. The molecule has 0 aliphatic carbocycles. The zero-order valence-corrected chi connectivity index (χ0v) is 18.4. The number of aromatic nitrogens is 4. The monoisotopic (exact) mass is 441 g/mol. The summed E-state index contributed by atoms with van der Waals surface area (Å²) in [6, 6.07) is 17.2. The second-order valence-electron chi connectivity index (χ2n) is 8.73. The number of hydrogen-bond acceptors (Lipinski definition) is 7. The Morgan fingerprint density at radius 2 is 2.03 bits per heavy atom. The van der Waals surface area contributed by atoms with E-state index in [1.54, 1.807) is 0 Å². The first-order valence-corrected chi connectivity index (χ1v) is 11.5. The molecule has 8 heteroatoms. The molecule has 1 unspecified atom stereocenters. The van der Waals surface area contributed by atoms with Crippen molar-refractivity contribution >= 4 is 28.4 Å². The Labute approximate surface area is 192 Å². The number of benzene rings is 2. The first-order valence-electron chi connectivity index (χ1n) is 11.5. The number of nitrogens with one attached hydrogen (secondary N) is 3. The van der Waals surface area contributed by atoms with Gasteiger partial charge in [-0.3, -0.25) is 5.10 Å². The molecule has 8 nitrogen and oxygen atoms in total. The van der Waals surface area contributed by atoms with Gasteiger partial charge in [0.05, 0.1) is 30.6 Å². The predicted octanol–water partition coefficient (Wildman–Crippen LogP) is 3.54. The Bertz CT molecular complexity index is 1260. The van der Waals surface area contributed by atoms with E-state index in [0.717, 1.165) is 72.1 Å². The summed E-state index contributed by atoms with van der Waals surface area (Å²) in [5.74, 6) is 1.60. The molecule has 33 heavy (non-hydrogen) atoms. The van der Waals surface area contributed by atoms with Gasteiger partial charge in [-0.1, -0.05) is 30.3 Å². The lowest BCUT2D eigenvalue weighted by Gasteiger charge is -2.25. The van der Waals surface area contributed by atoms with Crippen LogP contribution in [0.25, 0.3) is 10.9 Å². The van der Waals surface area contributed by atoms with Gasteiger partial charge in [-0.25, -0.2) is 4.98 Å². The maximum atomic E-state index is 5.73. The lowest BCUT2D eigenvalue weighted by Crippen LogP contribution is -2.40. The van der Waals surface area contributed by atoms with Gasteiger partial charge in [-0.15, -0.1) is 0 Å². The van der Waals surface area contributed by atoms with Crippen molar-refractivity contribution in [3.8, 4) is 0 Å². The van der Waals surface area contributed by atoms with Gasteiger partial charge >= 0.3 is 0 Å². The molecule has 0 saturated carbocycles. The van der Waals surface area contributed by atoms with Crippen LogP contribution < -0.4 is 15.5 Å². The van der Waals surface area contributed by atoms with Crippen LogP contribution in [0.1, 0.15) is 23.2 Å². The Hall–Kier alpha value is -3.49. The minimum Gasteiger partial charge on any atom is -0.370 e. The van der Waals surface area contributed by atoms with Gasteiger partial charge in [0, 0.05) is 35.8 Å². The Morgan fingerprint density at radius 1 is 1.09 bits per heavy atom. The van der Waals surface area contributed by atoms with Crippen molar-refractivity contribution in [2.45, 2.75) is 32.1 Å². The minimum absolute atomic E-state index is 0.350. The van der Waals surface area contributed by atoms with Crippen LogP contribution in [0.4, 0.5) is 17.5 Å². The molecule has 2 aromatic heterocycles. The van der Waals surface area contributed by atoms with Gasteiger partial charge in [0.15, 0.2) is 0 Å². The van der Waals surface area contributed by atoms with Crippen LogP contribution in [-0.2, 0) is 24.4 Å². The summed E-state index contributed by atoms with van der Waals surface area (Å²) >= 11 is 0. The molecule has 4 heterocycles. The molecule has 4 aromatic rings. The molecule has 1 atom stereocenters. The molecule has 0 bridgehead atoms. The van der Waals surface area contributed by atoms with Crippen molar-refractivity contribution in [3.05, 3.63) is 71.5 Å². The second kappa shape index (κ2) is 8.80. The highest BCUT2D eigenvalue weighted by molar-refractivity contribution is 5.83. The Morgan fingerprint density at radius 3 is 2.97 bits per heavy atom. The van der Waals surface area contributed by atoms with E-state index in [4.69, 9.17) is 14.7 Å². The van der Waals surface area contributed by atoms with Gasteiger partial charge < -0.3 is 20.3 Å². The van der Waals surface area contributed by atoms with E-state index in [1.165, 1.54) is 5.56 Å². The second-order valence-corrected chi connectivity index (χ2v) is 8.73. The van der Waals surface area contributed by atoms with Gasteiger partial charge in [0.2, 0.25) is 5.95 Å². The van der Waals surface area contributed by atoms with E-state index in [-0.39, 0.29) is 0 Å². The van der Waals surface area contributed by atoms with Gasteiger partial charge in [-0.05, 0) is 43.1 Å². The lowest BCUT2D eigenvalue weighted by atomic mass is 10.1. The number of ether oxygens (including phenoxy) is 1. The molecule has 2 aliphatic heterocycles. The van der Waals surface area contributed by atoms with Crippen LogP contribution >= 0.6 is 0 Å². The quantitative estimate of drug-likeness (QED) is 0.436. The zero-order valence-electron chi connectivity index (χ0n) is 18.4. The van der Waals surface area contributed by atoms with Crippen LogP contribution in [-0.4, -0.2) is 45.8 Å². The van der Waals surface area contributed by atoms with E-state index in [9.17, 15) is 0 Å². The highest BCUT2D eigenvalue weighted by atomic mass is 16.5. The molecular weight excluding hydrogens is 414 g/mol. The van der Waals surface area contributed by atoms with Crippen LogP contribution in [0.5, 0.6) is 0 Å². The highest BCUT2D eigenvalue weighted by Crippen LogP contribution is 2.30. The topological polar surface area (TPSA) is 91.0 Å². The lowest BCUT2D eigenvalue weighted by molar-refractivity contribution is 0.133. The van der Waals surface area contributed by atoms with Gasteiger partial charge in [-0.2, -0.15) is 10.1 Å². The van der Waals surface area contributed by atoms with Crippen LogP contribution in [0, 0.1) is 0 Å². The maximum absolute atomic E-state index is 5.73. The first-order chi connectivity index (χ1) is 16.3. The van der Waals surface area contributed by atoms with Crippen molar-refractivity contribution in [1.82, 2.24) is 25.5 Å². The molecule has 0 amide bonds. The van der Waals surface area contributed by atoms with Crippen molar-refractivity contribution < 1.29 is 4.74 Å². The Kier molecular flexibility index (Phi) is 5.37. The fraction of sp³-hybridized carbons (Fsp3) is 0.320. The van der Waals surface area contributed by atoms with Crippen molar-refractivity contribution in [3.63, 3.8) is 0 Å². The number of nitrogens with zero attached hydrogens (tertiary/aromatic N) is 4. The molecular formula is C25H27N7O. The highest BCUT2D eigenvalue weighted by Gasteiger charge is 2.25. The molecule has 0 spiro atoms. The summed E-state index contributed by atoms with van der Waals surface area (Å²) in [6.45, 7) is 3.86. The van der Waals surface area contributed by atoms with E-state index < -0.39 is 0 Å². The number of fused-ring (bicyclic) bond motifs is 2. The molecule has 1 fully saturated rings. The Balaban J connectivity index is 1.28. The summed E-state index contributed by atoms with van der Waals surface area (Å²) in [5, 5.41) is 15.4. The fourth-order valence-corrected chi connectivity index (χ4v) is 4.66. The van der Waals surface area contributed by atoms with Gasteiger partial charge in [0.25, 0.3) is 0 Å². The summed E-state index contributed by atoms with van der Waals surface area (Å²) < 4.78 is 5.73. The molecule has 2 aromatic carbocycles. The minimum atomic E-state index is 0.350. The molecule has 1 saturated heterocycles. The van der Waals surface area contributed by atoms with E-state index in [0.29, 0.717) is 19.3 Å². The first kappa shape index (κ1) is 20.1. The third kappa shape index (κ3) is 4.27. The molecule has 3 N–H and O–H groups in total. The summed E-state index contributed by atoms with van der Waals surface area (Å²) in [6.07, 6.45) is 3.87. The predicted molar refractivity (Wildman–Crippen MR) is 129 cm³/mol. The van der Waals surface area contributed by atoms with Gasteiger partial charge in [0.1, 0.15) is 5.82 Å². The number of hydrogen-bond donors (Lipinski definition) is 3. The smallest absolute Gasteiger partial charge is 0.227 e. The average Bonchev–Trinajstić information content (AvgIpc) is 3.45. The van der Waals surface area contributed by atoms with Crippen molar-refractivity contribution in [1.29, 1.82) is 0 Å². The average molecular weight is 442 g/mol. The fourth-order valence-electron chi connectivity index (χ4n) is 4.66. The summed E-state index contributed by atoms with van der Waals surface area (Å²) in [4.78, 5) is 12.2. The van der Waals surface area contributed by atoms with E-state index >= 15 is 0 Å². The van der Waals surface area contributed by atoms with E-state index in [1.807, 2.05) is 18.3 Å². The molecule has 6 rings (SSSR count). The number of H-pyrrole nitrogens is 1. The van der Waals surface area contributed by atoms with Crippen molar-refractivity contribution in [2.75, 3.05) is 29.9 Å². The normalized spacial score (nSPS) is 18.3. The SMILES string of the molecule is c1ccc(CC2CN(c3nc4c(c(Nc5ccc6[nH]ncc6c5)n3)COC4)CCCN2)cc1. The van der Waals surface area contributed by atoms with Crippen LogP contribution in [0.3, 0.4) is 0 Å². The standard InChI is InChI=1S/C25H27N7O/c1-2-5-17(6-3-1)11-20-14-32(10-4-9-26-20)25-29-23-16-33-15-21(23)24(30-25)28-19-7-8-22-18(12-19)13-27-31-22/h1-3,5-8,12-13,20,26H,4,9-11,14-16H2,(H,27,31)(H,28,29,30). The number of aromatic amines is 1. The van der Waals surface area contributed by atoms with E-state index in [2.05, 4.69) is 62.1 Å². The molecule has 168 valence electrons. The molecule has 0 radical (unpaired) electrons. The van der Waals surface area contributed by atoms with Crippen LogP contribution in [0.2, 0.25) is 0 Å². The summed E-state index contributed by atoms with van der Waals surface area (Å²) in [7, 11) is 0. The summed E-state index contributed by atoms with van der Waals surface area (Å²) in [5.41, 5.74) is 5.35. The number of anilines is 3. The third-order valence-corrected chi connectivity index (χ3v) is 6.36. The van der Waals surface area contributed by atoms with Crippen LogP contribution in [0.15, 0.2) is 54.7 Å². The third-order valence-electron chi connectivity index (χ3n) is 6.36. The van der Waals surface area contributed by atoms with Crippen molar-refractivity contribution in [2.24, 2.45) is 0 Å². The number of rotatable bonds is 5. The largest absolute Gasteiger partial charge is 0.370 e. The maximum Gasteiger partial charge on any atom is 0.227 e. The molecule has 2 aliphatic rings.